The lowest BCUT2D eigenvalue weighted by molar-refractivity contribution is 0.101. The van der Waals surface area contributed by atoms with E-state index in [1.54, 1.807) is 24.3 Å². The van der Waals surface area contributed by atoms with E-state index in [9.17, 15) is 14.0 Å². The predicted molar refractivity (Wildman–Crippen MR) is 125 cm³/mol. The fourth-order valence-electron chi connectivity index (χ4n) is 3.55. The van der Waals surface area contributed by atoms with Crippen LogP contribution in [0.4, 0.5) is 15.8 Å². The Labute approximate surface area is 188 Å². The average molecular weight is 440 g/mol. The Balaban J connectivity index is 1.39. The maximum absolute atomic E-state index is 13.6. The number of hydrogen-bond donors (Lipinski definition) is 2. The van der Waals surface area contributed by atoms with E-state index in [1.165, 1.54) is 23.9 Å². The monoisotopic (exact) mass is 440 g/mol. The predicted octanol–water partition coefficient (Wildman–Crippen LogP) is 6.46. The zero-order chi connectivity index (χ0) is 22.1. The first-order valence-corrected chi connectivity index (χ1v) is 10.8. The first-order valence-electron chi connectivity index (χ1n) is 9.96. The smallest absolute Gasteiger partial charge is 0.256 e. The minimum absolute atomic E-state index is 0.273. The minimum atomic E-state index is -0.469. The summed E-state index contributed by atoms with van der Waals surface area (Å²) in [5.41, 5.74) is 3.93. The molecule has 1 aliphatic heterocycles. The largest absolute Gasteiger partial charge is 0.322 e. The first kappa shape index (κ1) is 20.0. The summed E-state index contributed by atoms with van der Waals surface area (Å²) in [7, 11) is 0. The number of benzene rings is 4. The Bertz CT molecular complexity index is 1360. The highest BCUT2D eigenvalue weighted by Gasteiger charge is 2.21. The van der Waals surface area contributed by atoms with E-state index in [1.807, 2.05) is 54.6 Å². The summed E-state index contributed by atoms with van der Waals surface area (Å²) < 4.78 is 13.6. The molecule has 4 nitrogen and oxygen atoms in total. The highest BCUT2D eigenvalue weighted by Crippen LogP contribution is 2.39. The van der Waals surface area contributed by atoms with Crippen molar-refractivity contribution in [3.05, 3.63) is 108 Å². The van der Waals surface area contributed by atoms with Crippen molar-refractivity contribution in [1.82, 2.24) is 0 Å². The van der Waals surface area contributed by atoms with Crippen LogP contribution in [0.5, 0.6) is 0 Å². The normalized spacial score (nSPS) is 12.2. The second kappa shape index (κ2) is 8.32. The number of carbonyl (C=O) groups excluding carboxylic acids is 2. The number of anilines is 2. The van der Waals surface area contributed by atoms with Crippen LogP contribution >= 0.6 is 11.8 Å². The van der Waals surface area contributed by atoms with Crippen molar-refractivity contribution in [2.75, 3.05) is 10.6 Å². The van der Waals surface area contributed by atoms with E-state index in [0.29, 0.717) is 21.8 Å². The molecule has 2 amide bonds. The topological polar surface area (TPSA) is 58.2 Å². The summed E-state index contributed by atoms with van der Waals surface area (Å²) in [5.74, 6) is -1.16. The van der Waals surface area contributed by atoms with Crippen molar-refractivity contribution >= 4 is 35.0 Å². The van der Waals surface area contributed by atoms with Crippen LogP contribution in [-0.4, -0.2) is 11.8 Å². The van der Waals surface area contributed by atoms with Gasteiger partial charge < -0.3 is 10.6 Å². The molecule has 156 valence electrons. The molecule has 4 aromatic carbocycles. The molecule has 6 heteroatoms. The van der Waals surface area contributed by atoms with Gasteiger partial charge in [0.15, 0.2) is 0 Å². The quantitative estimate of drug-likeness (QED) is 0.384. The molecule has 2 N–H and O–H groups in total. The second-order valence-electron chi connectivity index (χ2n) is 7.31. The Kier molecular flexibility index (Phi) is 5.21. The third kappa shape index (κ3) is 4.00. The number of rotatable bonds is 3. The third-order valence-corrected chi connectivity index (χ3v) is 6.28. The van der Waals surface area contributed by atoms with Crippen LogP contribution in [0.2, 0.25) is 0 Å². The van der Waals surface area contributed by atoms with Gasteiger partial charge >= 0.3 is 0 Å². The van der Waals surface area contributed by atoms with Crippen molar-refractivity contribution in [3.8, 4) is 11.1 Å². The number of carbonyl (C=O) groups is 2. The maximum Gasteiger partial charge on any atom is 0.256 e. The van der Waals surface area contributed by atoms with Gasteiger partial charge in [-0.05, 0) is 59.7 Å². The molecule has 1 heterocycles. The van der Waals surface area contributed by atoms with Crippen LogP contribution in [0.15, 0.2) is 101 Å². The summed E-state index contributed by atoms with van der Waals surface area (Å²) >= 11 is 1.36. The maximum atomic E-state index is 13.6. The minimum Gasteiger partial charge on any atom is -0.322 e. The number of hydrogen-bond acceptors (Lipinski definition) is 3. The van der Waals surface area contributed by atoms with Gasteiger partial charge in [-0.2, -0.15) is 0 Å². The van der Waals surface area contributed by atoms with Gasteiger partial charge in [0.2, 0.25) is 0 Å². The number of nitrogens with one attached hydrogen (secondary N) is 2. The van der Waals surface area contributed by atoms with Crippen LogP contribution in [0.25, 0.3) is 11.1 Å². The SMILES string of the molecule is O=C(Nc1cccc(-c2ccccc2)c1)c1ccc2c(c1)NC(=O)c1cc(F)ccc1S2. The fourth-order valence-corrected chi connectivity index (χ4v) is 4.54. The van der Waals surface area contributed by atoms with Crippen LogP contribution in [-0.2, 0) is 0 Å². The molecule has 0 spiro atoms. The summed E-state index contributed by atoms with van der Waals surface area (Å²) in [5, 5.41) is 5.71. The van der Waals surface area contributed by atoms with Crippen LogP contribution < -0.4 is 10.6 Å². The van der Waals surface area contributed by atoms with Crippen molar-refractivity contribution in [2.24, 2.45) is 0 Å². The summed E-state index contributed by atoms with van der Waals surface area (Å²) in [6.07, 6.45) is 0. The lowest BCUT2D eigenvalue weighted by Gasteiger charge is -2.11. The van der Waals surface area contributed by atoms with E-state index < -0.39 is 11.7 Å². The van der Waals surface area contributed by atoms with E-state index >= 15 is 0 Å². The molecule has 5 rings (SSSR count). The molecule has 0 aromatic heterocycles. The van der Waals surface area contributed by atoms with Crippen molar-refractivity contribution < 1.29 is 14.0 Å². The zero-order valence-corrected chi connectivity index (χ0v) is 17.6. The van der Waals surface area contributed by atoms with Crippen LogP contribution in [0, 0.1) is 5.82 Å². The molecular formula is C26H17FN2O2S. The third-order valence-electron chi connectivity index (χ3n) is 5.12. The lowest BCUT2D eigenvalue weighted by atomic mass is 10.1. The lowest BCUT2D eigenvalue weighted by Crippen LogP contribution is -2.14. The summed E-state index contributed by atoms with van der Waals surface area (Å²) in [6, 6.07) is 26.8. The van der Waals surface area contributed by atoms with E-state index in [0.717, 1.165) is 16.0 Å². The van der Waals surface area contributed by atoms with Crippen LogP contribution in [0.3, 0.4) is 0 Å². The highest BCUT2D eigenvalue weighted by molar-refractivity contribution is 7.99. The van der Waals surface area contributed by atoms with Gasteiger partial charge in [0.25, 0.3) is 11.8 Å². The molecule has 0 atom stereocenters. The van der Waals surface area contributed by atoms with E-state index in [-0.39, 0.29) is 11.5 Å². The Morgan fingerprint density at radius 3 is 2.44 bits per heavy atom. The van der Waals surface area contributed by atoms with Gasteiger partial charge in [-0.25, -0.2) is 4.39 Å². The second-order valence-corrected chi connectivity index (χ2v) is 8.39. The summed E-state index contributed by atoms with van der Waals surface area (Å²) in [6.45, 7) is 0. The Morgan fingerprint density at radius 1 is 0.812 bits per heavy atom. The average Bonchev–Trinajstić information content (AvgIpc) is 2.95. The molecule has 0 saturated heterocycles. The van der Waals surface area contributed by atoms with Gasteiger partial charge in [-0.1, -0.05) is 54.2 Å². The van der Waals surface area contributed by atoms with Crippen molar-refractivity contribution in [1.29, 1.82) is 0 Å². The molecule has 0 fully saturated rings. The standard InChI is InChI=1S/C26H17FN2O2S/c27-19-10-12-23-21(15-19)26(31)29-22-14-18(9-11-24(22)32-23)25(30)28-20-8-4-7-17(13-20)16-5-2-1-3-6-16/h1-15H,(H,28,30)(H,29,31). The van der Waals surface area contributed by atoms with Crippen molar-refractivity contribution in [2.45, 2.75) is 9.79 Å². The number of amides is 2. The Morgan fingerprint density at radius 2 is 1.59 bits per heavy atom. The Hall–Kier alpha value is -3.90. The molecule has 32 heavy (non-hydrogen) atoms. The molecule has 0 aliphatic carbocycles. The number of fused-ring (bicyclic) bond motifs is 2. The molecule has 4 aromatic rings. The van der Waals surface area contributed by atoms with Gasteiger partial charge in [-0.15, -0.1) is 0 Å². The van der Waals surface area contributed by atoms with Crippen LogP contribution in [0.1, 0.15) is 20.7 Å². The van der Waals surface area contributed by atoms with E-state index in [4.69, 9.17) is 0 Å². The molecule has 0 bridgehead atoms. The molecule has 0 saturated carbocycles. The fraction of sp³-hybridized carbons (Fsp3) is 0. The summed E-state index contributed by atoms with van der Waals surface area (Å²) in [4.78, 5) is 26.9. The van der Waals surface area contributed by atoms with E-state index in [2.05, 4.69) is 10.6 Å². The molecule has 0 radical (unpaired) electrons. The van der Waals surface area contributed by atoms with Gasteiger partial charge in [-0.3, -0.25) is 9.59 Å². The zero-order valence-electron chi connectivity index (χ0n) is 16.8. The van der Waals surface area contributed by atoms with Gasteiger partial charge in [0.05, 0.1) is 11.3 Å². The first-order chi connectivity index (χ1) is 15.6. The van der Waals surface area contributed by atoms with Crippen molar-refractivity contribution in [3.63, 3.8) is 0 Å². The molecule has 0 unspecified atom stereocenters. The highest BCUT2D eigenvalue weighted by atomic mass is 32.2. The van der Waals surface area contributed by atoms with Gasteiger partial charge in [0.1, 0.15) is 5.82 Å². The number of halogens is 1. The molecular weight excluding hydrogens is 423 g/mol. The van der Waals surface area contributed by atoms with Gasteiger partial charge in [0, 0.05) is 21.0 Å². The molecule has 1 aliphatic rings.